The molecule has 0 spiro atoms. The second-order valence-electron chi connectivity index (χ2n) is 3.24. The molecule has 0 aliphatic rings. The normalized spacial score (nSPS) is 11.3. The topological polar surface area (TPSA) is 85.4 Å². The Kier molecular flexibility index (Phi) is 3.94. The molecule has 0 amide bonds. The summed E-state index contributed by atoms with van der Waals surface area (Å²) in [5.41, 5.74) is 4.39. The van der Waals surface area contributed by atoms with Crippen LogP contribution in [0.1, 0.15) is 11.1 Å². The molecule has 0 saturated carbocycles. The first-order valence-electron chi connectivity index (χ1n) is 4.54. The summed E-state index contributed by atoms with van der Waals surface area (Å²) in [6.07, 6.45) is -5.92. The number of nitrogens with two attached hydrogens (primary N) is 1. The maximum absolute atomic E-state index is 12.6. The molecular weight excluding hydrogens is 260 g/mol. The monoisotopic (exact) mass is 268 g/mol. The third-order valence-electron chi connectivity index (χ3n) is 1.88. The summed E-state index contributed by atoms with van der Waals surface area (Å²) >= 11 is 0. The van der Waals surface area contributed by atoms with Crippen molar-refractivity contribution in [2.75, 3.05) is 5.73 Å². The first-order valence-corrected chi connectivity index (χ1v) is 4.54. The summed E-state index contributed by atoms with van der Waals surface area (Å²) in [5.74, 6) is -2.88. The van der Waals surface area contributed by atoms with Gasteiger partial charge in [0.15, 0.2) is 0 Å². The predicted octanol–water partition coefficient (Wildman–Crippen LogP) is 1.66. The van der Waals surface area contributed by atoms with Crippen LogP contribution in [0.4, 0.5) is 23.4 Å². The minimum Gasteiger partial charge on any atom is -0.481 e. The average Bonchev–Trinajstić information content (AvgIpc) is 2.18. The third-order valence-corrected chi connectivity index (χ3v) is 1.88. The second kappa shape index (κ2) is 5.07. The molecule has 1 aromatic heterocycles. The van der Waals surface area contributed by atoms with Gasteiger partial charge in [0.25, 0.3) is 0 Å². The van der Waals surface area contributed by atoms with E-state index in [0.29, 0.717) is 0 Å². The van der Waals surface area contributed by atoms with Crippen molar-refractivity contribution in [3.8, 4) is 5.88 Å². The second-order valence-corrected chi connectivity index (χ2v) is 3.24. The smallest absolute Gasteiger partial charge is 0.481 e. The van der Waals surface area contributed by atoms with Crippen LogP contribution in [0.5, 0.6) is 5.88 Å². The quantitative estimate of drug-likeness (QED) is 0.811. The van der Waals surface area contributed by atoms with Gasteiger partial charge < -0.3 is 15.6 Å². The molecular formula is C9H8F4N2O3. The highest BCUT2D eigenvalue weighted by Gasteiger charge is 2.34. The number of nitrogen functional groups attached to an aromatic ring is 1. The van der Waals surface area contributed by atoms with Gasteiger partial charge in [-0.3, -0.25) is 4.79 Å². The molecule has 1 rings (SSSR count). The fourth-order valence-electron chi connectivity index (χ4n) is 1.27. The van der Waals surface area contributed by atoms with E-state index < -0.39 is 42.7 Å². The number of rotatable bonds is 4. The van der Waals surface area contributed by atoms with E-state index in [-0.39, 0.29) is 5.56 Å². The number of anilines is 1. The summed E-state index contributed by atoms with van der Waals surface area (Å²) < 4.78 is 52.4. The van der Waals surface area contributed by atoms with Gasteiger partial charge in [-0.1, -0.05) is 0 Å². The molecule has 0 unspecified atom stereocenters. The fourth-order valence-corrected chi connectivity index (χ4v) is 1.27. The number of aromatic nitrogens is 1. The van der Waals surface area contributed by atoms with Crippen LogP contribution in [-0.4, -0.2) is 22.4 Å². The molecule has 0 aromatic carbocycles. The van der Waals surface area contributed by atoms with Crippen molar-refractivity contribution in [1.29, 1.82) is 0 Å². The summed E-state index contributed by atoms with van der Waals surface area (Å²) in [7, 11) is 0. The Balaban J connectivity index is 3.27. The van der Waals surface area contributed by atoms with Gasteiger partial charge in [-0.05, 0) is 11.6 Å². The van der Waals surface area contributed by atoms with Gasteiger partial charge in [-0.15, -0.1) is 13.2 Å². The number of halogens is 4. The number of hydrogen-bond acceptors (Lipinski definition) is 4. The highest BCUT2D eigenvalue weighted by Crippen LogP contribution is 2.29. The van der Waals surface area contributed by atoms with E-state index in [1.165, 1.54) is 0 Å². The number of ether oxygens (including phenoxy) is 1. The molecule has 1 heterocycles. The number of hydrogen-bond donors (Lipinski definition) is 2. The van der Waals surface area contributed by atoms with Crippen LogP contribution < -0.4 is 10.5 Å². The minimum absolute atomic E-state index is 0.302. The lowest BCUT2D eigenvalue weighted by atomic mass is 10.1. The molecule has 0 atom stereocenters. The molecule has 0 radical (unpaired) electrons. The van der Waals surface area contributed by atoms with Crippen LogP contribution in [0.15, 0.2) is 6.07 Å². The molecule has 9 heteroatoms. The first kappa shape index (κ1) is 14.0. The van der Waals surface area contributed by atoms with E-state index in [0.717, 1.165) is 6.07 Å². The van der Waals surface area contributed by atoms with Crippen molar-refractivity contribution < 1.29 is 32.2 Å². The summed E-state index contributed by atoms with van der Waals surface area (Å²) in [6.45, 7) is -1.18. The Morgan fingerprint density at radius 3 is 2.56 bits per heavy atom. The van der Waals surface area contributed by atoms with Gasteiger partial charge in [0.05, 0.1) is 6.42 Å². The zero-order valence-electron chi connectivity index (χ0n) is 8.79. The number of alkyl halides is 4. The molecule has 0 saturated heterocycles. The molecule has 1 aromatic rings. The van der Waals surface area contributed by atoms with Crippen LogP contribution in [-0.2, 0) is 17.9 Å². The summed E-state index contributed by atoms with van der Waals surface area (Å²) in [6, 6.07) is 0.960. The summed E-state index contributed by atoms with van der Waals surface area (Å²) in [5, 5.41) is 8.56. The van der Waals surface area contributed by atoms with Crippen molar-refractivity contribution in [1.82, 2.24) is 4.98 Å². The van der Waals surface area contributed by atoms with Crippen LogP contribution >= 0.6 is 0 Å². The van der Waals surface area contributed by atoms with Gasteiger partial charge in [0.1, 0.15) is 12.5 Å². The Morgan fingerprint density at radius 1 is 1.50 bits per heavy atom. The van der Waals surface area contributed by atoms with Crippen LogP contribution in [0, 0.1) is 0 Å². The van der Waals surface area contributed by atoms with Gasteiger partial charge in [-0.2, -0.15) is 4.98 Å². The van der Waals surface area contributed by atoms with E-state index >= 15 is 0 Å². The number of nitrogens with zero attached hydrogens (tertiary/aromatic N) is 1. The Labute approximate surface area is 98.2 Å². The molecule has 18 heavy (non-hydrogen) atoms. The lowest BCUT2D eigenvalue weighted by Gasteiger charge is -2.14. The predicted molar refractivity (Wildman–Crippen MR) is 51.5 cm³/mol. The molecule has 100 valence electrons. The molecule has 0 bridgehead atoms. The van der Waals surface area contributed by atoms with E-state index in [1.807, 2.05) is 0 Å². The molecule has 5 nitrogen and oxygen atoms in total. The van der Waals surface area contributed by atoms with Gasteiger partial charge in [0, 0.05) is 5.56 Å². The summed E-state index contributed by atoms with van der Waals surface area (Å²) in [4.78, 5) is 13.7. The van der Waals surface area contributed by atoms with Crippen molar-refractivity contribution in [3.05, 3.63) is 17.2 Å². The number of carboxylic acids is 1. The number of carbonyl (C=O) groups is 1. The molecule has 3 N–H and O–H groups in total. The van der Waals surface area contributed by atoms with Crippen molar-refractivity contribution >= 4 is 11.8 Å². The Morgan fingerprint density at radius 2 is 2.11 bits per heavy atom. The van der Waals surface area contributed by atoms with Crippen LogP contribution in [0.3, 0.4) is 0 Å². The van der Waals surface area contributed by atoms with E-state index in [9.17, 15) is 22.4 Å². The molecule has 0 fully saturated rings. The minimum atomic E-state index is -5.07. The van der Waals surface area contributed by atoms with E-state index in [4.69, 9.17) is 10.8 Å². The van der Waals surface area contributed by atoms with Gasteiger partial charge in [-0.25, -0.2) is 4.39 Å². The van der Waals surface area contributed by atoms with Crippen molar-refractivity contribution in [3.63, 3.8) is 0 Å². The fraction of sp³-hybridized carbons (Fsp3) is 0.333. The lowest BCUT2D eigenvalue weighted by molar-refractivity contribution is -0.276. The van der Waals surface area contributed by atoms with Gasteiger partial charge >= 0.3 is 12.3 Å². The highest BCUT2D eigenvalue weighted by atomic mass is 19.4. The van der Waals surface area contributed by atoms with Crippen LogP contribution in [0.25, 0.3) is 0 Å². The maximum atomic E-state index is 12.6. The van der Waals surface area contributed by atoms with Crippen LogP contribution in [0.2, 0.25) is 0 Å². The lowest BCUT2D eigenvalue weighted by Crippen LogP contribution is -2.20. The van der Waals surface area contributed by atoms with E-state index in [2.05, 4.69) is 9.72 Å². The highest BCUT2D eigenvalue weighted by molar-refractivity contribution is 5.72. The molecule has 0 aliphatic carbocycles. The average molecular weight is 268 g/mol. The maximum Gasteiger partial charge on any atom is 0.574 e. The zero-order valence-corrected chi connectivity index (χ0v) is 8.79. The first-order chi connectivity index (χ1) is 8.23. The Bertz CT molecular complexity index is 462. The van der Waals surface area contributed by atoms with E-state index in [1.54, 1.807) is 0 Å². The SMILES string of the molecule is Nc1cc(CF)c(CC(=O)O)c(OC(F)(F)F)n1. The number of aliphatic carboxylic acids is 1. The third kappa shape index (κ3) is 3.75. The van der Waals surface area contributed by atoms with Gasteiger partial charge in [0.2, 0.25) is 5.88 Å². The Hall–Kier alpha value is -2.06. The standard InChI is InChI=1S/C9H8F4N2O3/c10-3-4-1-6(14)15-8(18-9(11,12)13)5(4)2-7(16)17/h1H,2-3H2,(H2,14,15)(H,16,17). The zero-order chi connectivity index (χ0) is 13.9. The largest absolute Gasteiger partial charge is 0.574 e. The van der Waals surface area contributed by atoms with Crippen molar-refractivity contribution in [2.45, 2.75) is 19.5 Å². The number of pyridine rings is 1. The number of carboxylic acid groups (broad SMARTS) is 1. The molecule has 0 aliphatic heterocycles. The van der Waals surface area contributed by atoms with Crippen molar-refractivity contribution in [2.24, 2.45) is 0 Å².